The number of nitrogen functional groups attached to an aromatic ring is 1. The number of hydrogen-bond donors (Lipinski definition) is 2. The summed E-state index contributed by atoms with van der Waals surface area (Å²) in [6.45, 7) is 5.96. The third-order valence-electron chi connectivity index (χ3n) is 7.89. The van der Waals surface area contributed by atoms with Crippen LogP contribution in [-0.2, 0) is 29.3 Å². The molecule has 218 valence electrons. The summed E-state index contributed by atoms with van der Waals surface area (Å²) in [4.78, 5) is 15.4. The average molecular weight is 569 g/mol. The van der Waals surface area contributed by atoms with Crippen LogP contribution in [0.5, 0.6) is 0 Å². The maximum Gasteiger partial charge on any atom is 0.356 e. The molecule has 0 spiro atoms. The smallest absolute Gasteiger partial charge is 0.356 e. The fraction of sp³-hybridized carbons (Fsp3) is 0.324. The Bertz CT molecular complexity index is 1410. The van der Waals surface area contributed by atoms with Crippen LogP contribution >= 0.6 is 0 Å². The van der Waals surface area contributed by atoms with E-state index in [2.05, 4.69) is 41.4 Å². The van der Waals surface area contributed by atoms with E-state index in [1.165, 1.54) is 0 Å². The minimum atomic E-state index is -0.917. The number of anilines is 1. The number of nitrogens with one attached hydrogen (secondary N) is 1. The van der Waals surface area contributed by atoms with Crippen LogP contribution in [-0.4, -0.2) is 48.3 Å². The first-order valence-corrected chi connectivity index (χ1v) is 14.3. The van der Waals surface area contributed by atoms with Crippen LogP contribution < -0.4 is 5.73 Å². The Kier molecular flexibility index (Phi) is 7.64. The highest BCUT2D eigenvalue weighted by molar-refractivity contribution is 5.94. The molecule has 0 radical (unpaired) electrons. The predicted molar refractivity (Wildman–Crippen MR) is 158 cm³/mol. The second-order valence-electron chi connectivity index (χ2n) is 11.0. The van der Waals surface area contributed by atoms with Gasteiger partial charge in [0.15, 0.2) is 5.79 Å². The minimum absolute atomic E-state index is 0.195. The molecule has 0 amide bonds. The topological polar surface area (TPSA) is 105 Å². The number of benzene rings is 3. The average Bonchev–Trinajstić information content (AvgIpc) is 3.65. The van der Waals surface area contributed by atoms with Gasteiger partial charge in [0.1, 0.15) is 35.7 Å². The number of hydrogen-bond acceptors (Lipinski definition) is 7. The summed E-state index contributed by atoms with van der Waals surface area (Å²) < 4.78 is 31.6. The van der Waals surface area contributed by atoms with Crippen molar-refractivity contribution in [1.29, 1.82) is 0 Å². The van der Waals surface area contributed by atoms with Crippen molar-refractivity contribution in [1.82, 2.24) is 4.98 Å². The highest BCUT2D eigenvalue weighted by atomic mass is 16.8. The molecule has 0 bridgehead atoms. The Morgan fingerprint density at radius 2 is 1.40 bits per heavy atom. The number of carbonyl (C=O) groups excluding carboxylic acids is 1. The standard InChI is InChI=1S/C34H36N2O6/c1-4-38-32(37)28-27(35)25(20-36-28)29-31-30(41-33(2,3)42-31)26(40-29)21-39-34(22-14-8-5-9-15-22,23-16-10-6-11-17-23)24-18-12-7-13-19-24/h5-20,26,29-31,36H,4,21,35H2,1-3H3. The molecule has 1 aromatic heterocycles. The number of aromatic amines is 1. The van der Waals surface area contributed by atoms with Gasteiger partial charge in [-0.25, -0.2) is 4.79 Å². The summed E-state index contributed by atoms with van der Waals surface area (Å²) in [6.07, 6.45) is -0.266. The molecule has 2 aliphatic rings. The molecular weight excluding hydrogens is 532 g/mol. The van der Waals surface area contributed by atoms with Crippen LogP contribution in [0.1, 0.15) is 59.6 Å². The van der Waals surface area contributed by atoms with Crippen molar-refractivity contribution in [3.05, 3.63) is 125 Å². The van der Waals surface area contributed by atoms with Gasteiger partial charge in [-0.05, 0) is 37.5 Å². The van der Waals surface area contributed by atoms with Gasteiger partial charge in [-0.2, -0.15) is 0 Å². The Morgan fingerprint density at radius 1 is 0.881 bits per heavy atom. The third kappa shape index (κ3) is 5.01. The Hall–Kier alpha value is -3.95. The summed E-state index contributed by atoms with van der Waals surface area (Å²) in [5, 5.41) is 0. The van der Waals surface area contributed by atoms with E-state index in [9.17, 15) is 4.79 Å². The van der Waals surface area contributed by atoms with Crippen LogP contribution in [0.3, 0.4) is 0 Å². The maximum atomic E-state index is 12.5. The molecule has 8 nitrogen and oxygen atoms in total. The van der Waals surface area contributed by atoms with Gasteiger partial charge in [-0.3, -0.25) is 0 Å². The highest BCUT2D eigenvalue weighted by Gasteiger charge is 2.57. The van der Waals surface area contributed by atoms with Gasteiger partial charge in [0.25, 0.3) is 0 Å². The van der Waals surface area contributed by atoms with E-state index in [0.717, 1.165) is 16.7 Å². The number of H-pyrrole nitrogens is 1. The molecule has 3 heterocycles. The summed E-state index contributed by atoms with van der Waals surface area (Å²) in [7, 11) is 0. The summed E-state index contributed by atoms with van der Waals surface area (Å²) in [6, 6.07) is 30.6. The zero-order chi connectivity index (χ0) is 29.3. The summed E-state index contributed by atoms with van der Waals surface area (Å²) in [5.41, 5.74) is 9.60. The van der Waals surface area contributed by atoms with Crippen molar-refractivity contribution in [3.63, 3.8) is 0 Å². The van der Waals surface area contributed by atoms with Gasteiger partial charge in [-0.1, -0.05) is 91.0 Å². The second kappa shape index (κ2) is 11.4. The van der Waals surface area contributed by atoms with Crippen molar-refractivity contribution < 1.29 is 28.5 Å². The van der Waals surface area contributed by atoms with Crippen LogP contribution in [0, 0.1) is 0 Å². The normalized spacial score (nSPS) is 23.0. The number of carbonyl (C=O) groups is 1. The lowest BCUT2D eigenvalue weighted by molar-refractivity contribution is -0.196. The SMILES string of the molecule is CCOC(=O)c1[nH]cc(C2OC(COC(c3ccccc3)(c3ccccc3)c3ccccc3)C3OC(C)(C)OC23)c1N. The first kappa shape index (κ1) is 28.2. The quantitative estimate of drug-likeness (QED) is 0.196. The van der Waals surface area contributed by atoms with E-state index in [-0.39, 0.29) is 24.6 Å². The first-order chi connectivity index (χ1) is 20.3. The van der Waals surface area contributed by atoms with E-state index in [1.54, 1.807) is 13.1 Å². The lowest BCUT2D eigenvalue weighted by Crippen LogP contribution is -2.39. The summed E-state index contributed by atoms with van der Waals surface area (Å²) in [5.74, 6) is -1.35. The van der Waals surface area contributed by atoms with Crippen molar-refractivity contribution in [2.45, 2.75) is 56.6 Å². The minimum Gasteiger partial charge on any atom is -0.461 e. The molecule has 0 saturated carbocycles. The van der Waals surface area contributed by atoms with Crippen LogP contribution in [0.4, 0.5) is 5.69 Å². The van der Waals surface area contributed by atoms with Gasteiger partial charge in [0.05, 0.1) is 18.9 Å². The molecule has 2 saturated heterocycles. The van der Waals surface area contributed by atoms with Gasteiger partial charge in [0.2, 0.25) is 0 Å². The van der Waals surface area contributed by atoms with Gasteiger partial charge in [-0.15, -0.1) is 0 Å². The molecule has 3 aromatic carbocycles. The van der Waals surface area contributed by atoms with E-state index in [1.807, 2.05) is 68.4 Å². The number of ether oxygens (including phenoxy) is 5. The molecule has 2 aliphatic heterocycles. The molecule has 4 unspecified atom stereocenters. The number of aromatic nitrogens is 1. The monoisotopic (exact) mass is 568 g/mol. The van der Waals surface area contributed by atoms with E-state index >= 15 is 0 Å². The van der Waals surface area contributed by atoms with Crippen molar-refractivity contribution in [2.75, 3.05) is 18.9 Å². The number of esters is 1. The van der Waals surface area contributed by atoms with Crippen LogP contribution in [0.2, 0.25) is 0 Å². The predicted octanol–water partition coefficient (Wildman–Crippen LogP) is 5.74. The Balaban J connectivity index is 1.37. The van der Waals surface area contributed by atoms with Crippen molar-refractivity contribution in [2.24, 2.45) is 0 Å². The molecular formula is C34H36N2O6. The number of rotatable bonds is 9. The van der Waals surface area contributed by atoms with E-state index in [4.69, 9.17) is 29.4 Å². The maximum absolute atomic E-state index is 12.5. The number of fused-ring (bicyclic) bond motifs is 1. The molecule has 0 aliphatic carbocycles. The molecule has 8 heteroatoms. The van der Waals surface area contributed by atoms with Crippen molar-refractivity contribution >= 4 is 11.7 Å². The van der Waals surface area contributed by atoms with E-state index in [0.29, 0.717) is 5.56 Å². The van der Waals surface area contributed by atoms with Gasteiger partial charge in [0, 0.05) is 11.8 Å². The lowest BCUT2D eigenvalue weighted by atomic mass is 9.80. The molecule has 6 rings (SSSR count). The largest absolute Gasteiger partial charge is 0.461 e. The van der Waals surface area contributed by atoms with Gasteiger partial charge < -0.3 is 34.4 Å². The van der Waals surface area contributed by atoms with Crippen molar-refractivity contribution in [3.8, 4) is 0 Å². The summed E-state index contributed by atoms with van der Waals surface area (Å²) >= 11 is 0. The Morgan fingerprint density at radius 3 is 1.93 bits per heavy atom. The van der Waals surface area contributed by atoms with E-state index < -0.39 is 41.8 Å². The third-order valence-corrected chi connectivity index (χ3v) is 7.89. The zero-order valence-corrected chi connectivity index (χ0v) is 24.0. The van der Waals surface area contributed by atoms with Gasteiger partial charge >= 0.3 is 5.97 Å². The molecule has 42 heavy (non-hydrogen) atoms. The Labute approximate surface area is 245 Å². The van der Waals surface area contributed by atoms with Crippen LogP contribution in [0.25, 0.3) is 0 Å². The number of nitrogens with two attached hydrogens (primary N) is 1. The molecule has 2 fully saturated rings. The fourth-order valence-corrected chi connectivity index (χ4v) is 6.10. The van der Waals surface area contributed by atoms with Crippen LogP contribution in [0.15, 0.2) is 97.2 Å². The fourth-order valence-electron chi connectivity index (χ4n) is 6.10. The second-order valence-corrected chi connectivity index (χ2v) is 11.0. The highest BCUT2D eigenvalue weighted by Crippen LogP contribution is 2.48. The lowest BCUT2D eigenvalue weighted by Gasteiger charge is -2.37. The molecule has 4 aromatic rings. The first-order valence-electron chi connectivity index (χ1n) is 14.3. The molecule has 3 N–H and O–H groups in total. The zero-order valence-electron chi connectivity index (χ0n) is 24.0. The molecule has 4 atom stereocenters.